The van der Waals surface area contributed by atoms with E-state index in [4.69, 9.17) is 4.42 Å². The fraction of sp³-hybridized carbons (Fsp3) is 0.421. The van der Waals surface area contributed by atoms with Gasteiger partial charge in [-0.2, -0.15) is 0 Å². The van der Waals surface area contributed by atoms with Crippen molar-refractivity contribution in [3.63, 3.8) is 0 Å². The van der Waals surface area contributed by atoms with Gasteiger partial charge in [0.15, 0.2) is 5.76 Å². The molecule has 1 N–H and O–H groups in total. The number of likely N-dealkylation sites (tertiary alicyclic amines) is 1. The Labute approximate surface area is 152 Å². The Balaban J connectivity index is 1.71. The molecule has 2 aromatic rings. The van der Waals surface area contributed by atoms with Gasteiger partial charge in [-0.3, -0.25) is 14.7 Å². The fourth-order valence-electron chi connectivity index (χ4n) is 3.46. The third kappa shape index (κ3) is 3.77. The monoisotopic (exact) mass is 357 g/mol. The lowest BCUT2D eigenvalue weighted by molar-refractivity contribution is -0.144. The van der Waals surface area contributed by atoms with Crippen LogP contribution in [0.25, 0.3) is 0 Å². The predicted octanol–water partition coefficient (Wildman–Crippen LogP) is 2.17. The number of hydrogen-bond donors (Lipinski definition) is 1. The molecule has 1 amide bonds. The zero-order chi connectivity index (χ0) is 18.7. The number of carboxylic acid groups (broad SMARTS) is 1. The third-order valence-electron chi connectivity index (χ3n) is 4.96. The summed E-state index contributed by atoms with van der Waals surface area (Å²) < 4.78 is 5.26. The molecule has 2 unspecified atom stereocenters. The molecule has 0 radical (unpaired) electrons. The lowest BCUT2D eigenvalue weighted by Gasteiger charge is -2.40. The molecule has 0 aliphatic carbocycles. The number of piperidine rings is 1. The smallest absolute Gasteiger partial charge is 0.326 e. The minimum absolute atomic E-state index is 0.0815. The molecule has 7 nitrogen and oxygen atoms in total. The highest BCUT2D eigenvalue weighted by molar-refractivity contribution is 5.95. The molecule has 0 bridgehead atoms. The number of furan rings is 1. The number of hydrogen-bond acceptors (Lipinski definition) is 5. The number of aliphatic carboxylic acids is 1. The van der Waals surface area contributed by atoms with Crippen LogP contribution in [0.4, 0.5) is 0 Å². The van der Waals surface area contributed by atoms with E-state index in [0.29, 0.717) is 25.9 Å². The van der Waals surface area contributed by atoms with E-state index in [1.807, 2.05) is 25.4 Å². The van der Waals surface area contributed by atoms with Gasteiger partial charge in [0.05, 0.1) is 6.26 Å². The quantitative estimate of drug-likeness (QED) is 0.882. The number of aryl methyl sites for hydroxylation is 1. The summed E-state index contributed by atoms with van der Waals surface area (Å²) in [4.78, 5) is 32.2. The number of carbonyl (C=O) groups is 2. The molecule has 1 aliphatic rings. The Morgan fingerprint density at radius 2 is 2.23 bits per heavy atom. The number of nitrogens with zero attached hydrogens (tertiary/aromatic N) is 3. The normalized spacial score (nSPS) is 20.3. The highest BCUT2D eigenvalue weighted by atomic mass is 16.4. The Bertz CT molecular complexity index is 774. The van der Waals surface area contributed by atoms with Crippen molar-refractivity contribution in [2.75, 3.05) is 13.6 Å². The molecule has 0 saturated carbocycles. The maximum atomic E-state index is 12.7. The molecule has 3 rings (SSSR count). The number of rotatable bonds is 5. The van der Waals surface area contributed by atoms with E-state index in [1.54, 1.807) is 19.2 Å². The minimum atomic E-state index is -0.984. The molecule has 0 aromatic carbocycles. The fourth-order valence-corrected chi connectivity index (χ4v) is 3.46. The van der Waals surface area contributed by atoms with Crippen molar-refractivity contribution in [2.24, 2.45) is 0 Å². The Hall–Kier alpha value is -2.67. The van der Waals surface area contributed by atoms with Crippen molar-refractivity contribution in [1.29, 1.82) is 0 Å². The summed E-state index contributed by atoms with van der Waals surface area (Å²) in [6.07, 6.45) is 6.09. The first-order chi connectivity index (χ1) is 12.5. The third-order valence-corrected chi connectivity index (χ3v) is 4.96. The van der Waals surface area contributed by atoms with Crippen molar-refractivity contribution >= 4 is 11.9 Å². The number of amides is 1. The second kappa shape index (κ2) is 7.70. The lowest BCUT2D eigenvalue weighted by atomic mass is 9.95. The Kier molecular flexibility index (Phi) is 5.37. The van der Waals surface area contributed by atoms with Crippen LogP contribution < -0.4 is 0 Å². The Morgan fingerprint density at radius 1 is 1.42 bits per heavy atom. The maximum Gasteiger partial charge on any atom is 0.326 e. The van der Waals surface area contributed by atoms with Gasteiger partial charge in [0.1, 0.15) is 6.04 Å². The van der Waals surface area contributed by atoms with E-state index in [0.717, 1.165) is 11.1 Å². The van der Waals surface area contributed by atoms with Gasteiger partial charge < -0.3 is 14.4 Å². The van der Waals surface area contributed by atoms with Gasteiger partial charge in [-0.25, -0.2) is 4.79 Å². The molecule has 138 valence electrons. The van der Waals surface area contributed by atoms with Gasteiger partial charge in [-0.05, 0) is 44.5 Å². The number of carbonyl (C=O) groups excluding carboxylic acids is 1. The van der Waals surface area contributed by atoms with Crippen molar-refractivity contribution in [2.45, 2.75) is 38.4 Å². The van der Waals surface area contributed by atoms with Gasteiger partial charge in [0.25, 0.3) is 5.91 Å². The van der Waals surface area contributed by atoms with Gasteiger partial charge in [0, 0.05) is 37.1 Å². The molecule has 2 aromatic heterocycles. The molecule has 26 heavy (non-hydrogen) atoms. The van der Waals surface area contributed by atoms with Crippen LogP contribution >= 0.6 is 0 Å². The maximum absolute atomic E-state index is 12.7. The molecule has 0 spiro atoms. The summed E-state index contributed by atoms with van der Waals surface area (Å²) in [5.74, 6) is -1.12. The Morgan fingerprint density at radius 3 is 2.85 bits per heavy atom. The van der Waals surface area contributed by atoms with Gasteiger partial charge in [-0.1, -0.05) is 6.07 Å². The second-order valence-corrected chi connectivity index (χ2v) is 6.74. The highest BCUT2D eigenvalue weighted by Gasteiger charge is 2.39. The molecule has 7 heteroatoms. The van der Waals surface area contributed by atoms with Crippen LogP contribution in [0.5, 0.6) is 0 Å². The van der Waals surface area contributed by atoms with E-state index in [1.165, 1.54) is 11.2 Å². The number of carboxylic acids is 1. The van der Waals surface area contributed by atoms with Gasteiger partial charge in [0.2, 0.25) is 0 Å². The second-order valence-electron chi connectivity index (χ2n) is 6.74. The number of aromatic nitrogens is 1. The van der Waals surface area contributed by atoms with E-state index in [2.05, 4.69) is 9.88 Å². The van der Waals surface area contributed by atoms with E-state index >= 15 is 0 Å². The summed E-state index contributed by atoms with van der Waals surface area (Å²) >= 11 is 0. The first-order valence-corrected chi connectivity index (χ1v) is 8.64. The topological polar surface area (TPSA) is 86.9 Å². The zero-order valence-corrected chi connectivity index (χ0v) is 15.0. The van der Waals surface area contributed by atoms with Crippen molar-refractivity contribution in [3.8, 4) is 0 Å². The standard InChI is InChI=1S/C19H23N3O4/c1-13-6-9-26-17(13)18(23)22-8-5-15(10-16(22)19(24)25)21(2)12-14-4-3-7-20-11-14/h3-4,6-7,9,11,15-16H,5,8,10,12H2,1-2H3,(H,24,25). The largest absolute Gasteiger partial charge is 0.480 e. The van der Waals surface area contributed by atoms with Crippen LogP contribution in [0, 0.1) is 6.92 Å². The lowest BCUT2D eigenvalue weighted by Crippen LogP contribution is -2.54. The summed E-state index contributed by atoms with van der Waals surface area (Å²) in [5.41, 5.74) is 1.79. The van der Waals surface area contributed by atoms with Crippen LogP contribution in [0.3, 0.4) is 0 Å². The molecule has 1 saturated heterocycles. The van der Waals surface area contributed by atoms with E-state index < -0.39 is 12.0 Å². The highest BCUT2D eigenvalue weighted by Crippen LogP contribution is 2.25. The van der Waals surface area contributed by atoms with Crippen LogP contribution in [0.1, 0.15) is 34.5 Å². The minimum Gasteiger partial charge on any atom is -0.480 e. The van der Waals surface area contributed by atoms with E-state index in [9.17, 15) is 14.7 Å². The first kappa shape index (κ1) is 18.1. The van der Waals surface area contributed by atoms with Crippen LogP contribution in [0.15, 0.2) is 41.3 Å². The summed E-state index contributed by atoms with van der Waals surface area (Å²) in [6, 6.07) is 4.81. The van der Waals surface area contributed by atoms with Crippen molar-refractivity contribution in [3.05, 3.63) is 53.7 Å². The number of pyridine rings is 1. The molecule has 1 aliphatic heterocycles. The van der Waals surface area contributed by atoms with Crippen LogP contribution in [0.2, 0.25) is 0 Å². The zero-order valence-electron chi connectivity index (χ0n) is 15.0. The van der Waals surface area contributed by atoms with Crippen molar-refractivity contribution in [1.82, 2.24) is 14.8 Å². The first-order valence-electron chi connectivity index (χ1n) is 8.64. The van der Waals surface area contributed by atoms with Gasteiger partial charge >= 0.3 is 5.97 Å². The molecular formula is C19H23N3O4. The van der Waals surface area contributed by atoms with Crippen molar-refractivity contribution < 1.29 is 19.1 Å². The average Bonchev–Trinajstić information content (AvgIpc) is 3.07. The molecule has 3 heterocycles. The molecular weight excluding hydrogens is 334 g/mol. The van der Waals surface area contributed by atoms with Crippen LogP contribution in [-0.4, -0.2) is 57.4 Å². The SMILES string of the molecule is Cc1ccoc1C(=O)N1CCC(N(C)Cc2cccnc2)CC1C(=O)O. The van der Waals surface area contributed by atoms with Crippen LogP contribution in [-0.2, 0) is 11.3 Å². The summed E-state index contributed by atoms with van der Waals surface area (Å²) in [6.45, 7) is 2.86. The van der Waals surface area contributed by atoms with E-state index in [-0.39, 0.29) is 17.7 Å². The molecule has 1 fully saturated rings. The summed E-state index contributed by atoms with van der Waals surface area (Å²) in [7, 11) is 1.98. The average molecular weight is 357 g/mol. The van der Waals surface area contributed by atoms with Gasteiger partial charge in [-0.15, -0.1) is 0 Å². The predicted molar refractivity (Wildman–Crippen MR) is 94.6 cm³/mol. The molecule has 2 atom stereocenters. The summed E-state index contributed by atoms with van der Waals surface area (Å²) in [5, 5.41) is 9.66.